The number of ether oxygens (including phenoxy) is 1. The lowest BCUT2D eigenvalue weighted by molar-refractivity contribution is -0.118. The van der Waals surface area contributed by atoms with Crippen LogP contribution in [0, 0.1) is 5.82 Å². The maximum Gasteiger partial charge on any atom is 0.276 e. The number of nitrogens with zero attached hydrogens (tertiary/aromatic N) is 3. The van der Waals surface area contributed by atoms with E-state index in [1.165, 1.54) is 12.1 Å². The molecule has 2 amide bonds. The highest BCUT2D eigenvalue weighted by molar-refractivity contribution is 6.04. The van der Waals surface area contributed by atoms with Crippen LogP contribution in [0.1, 0.15) is 41.0 Å². The first-order valence-electron chi connectivity index (χ1n) is 12.4. The van der Waals surface area contributed by atoms with Crippen molar-refractivity contribution in [3.8, 4) is 5.69 Å². The van der Waals surface area contributed by atoms with Gasteiger partial charge in [0.25, 0.3) is 5.91 Å². The molecule has 0 spiro atoms. The second-order valence-electron chi connectivity index (χ2n) is 9.19. The Morgan fingerprint density at radius 1 is 0.889 bits per heavy atom. The number of anilines is 2. The molecule has 0 bridgehead atoms. The zero-order chi connectivity index (χ0) is 24.9. The molecule has 9 heteroatoms. The van der Waals surface area contributed by atoms with Crippen molar-refractivity contribution in [3.63, 3.8) is 0 Å². The van der Waals surface area contributed by atoms with Gasteiger partial charge >= 0.3 is 0 Å². The highest BCUT2D eigenvalue weighted by Crippen LogP contribution is 2.27. The van der Waals surface area contributed by atoms with Gasteiger partial charge in [-0.2, -0.15) is 5.10 Å². The van der Waals surface area contributed by atoms with Crippen molar-refractivity contribution in [3.05, 3.63) is 71.3 Å². The fourth-order valence-electron chi connectivity index (χ4n) is 4.74. The quantitative estimate of drug-likeness (QED) is 0.512. The van der Waals surface area contributed by atoms with E-state index in [4.69, 9.17) is 4.74 Å². The third kappa shape index (κ3) is 5.63. The van der Waals surface area contributed by atoms with Crippen LogP contribution in [0.5, 0.6) is 0 Å². The highest BCUT2D eigenvalue weighted by Gasteiger charge is 2.25. The van der Waals surface area contributed by atoms with Gasteiger partial charge in [-0.25, -0.2) is 9.07 Å². The van der Waals surface area contributed by atoms with Crippen molar-refractivity contribution >= 4 is 23.2 Å². The summed E-state index contributed by atoms with van der Waals surface area (Å²) in [6, 6.07) is 13.2. The summed E-state index contributed by atoms with van der Waals surface area (Å²) in [5.41, 5.74) is 4.40. The molecule has 2 heterocycles. The molecule has 0 saturated carbocycles. The molecule has 0 atom stereocenters. The van der Waals surface area contributed by atoms with E-state index >= 15 is 0 Å². The third-order valence-corrected chi connectivity index (χ3v) is 6.61. The number of hydrogen-bond acceptors (Lipinski definition) is 5. The van der Waals surface area contributed by atoms with Crippen molar-refractivity contribution in [1.82, 2.24) is 14.7 Å². The van der Waals surface area contributed by atoms with Crippen LogP contribution < -0.4 is 10.6 Å². The van der Waals surface area contributed by atoms with E-state index in [9.17, 15) is 14.0 Å². The van der Waals surface area contributed by atoms with E-state index in [-0.39, 0.29) is 17.6 Å². The first-order valence-corrected chi connectivity index (χ1v) is 12.4. The van der Waals surface area contributed by atoms with E-state index < -0.39 is 0 Å². The molecular weight excluding hydrogens is 461 g/mol. The predicted octanol–water partition coefficient (Wildman–Crippen LogP) is 3.80. The Bertz CT molecular complexity index is 1220. The van der Waals surface area contributed by atoms with Crippen LogP contribution in [0.4, 0.5) is 15.8 Å². The number of fused-ring (bicyclic) bond motifs is 1. The van der Waals surface area contributed by atoms with Crippen molar-refractivity contribution in [1.29, 1.82) is 0 Å². The zero-order valence-corrected chi connectivity index (χ0v) is 20.1. The number of hydrogen-bond donors (Lipinski definition) is 2. The average molecular weight is 492 g/mol. The number of amides is 2. The van der Waals surface area contributed by atoms with E-state index in [1.54, 1.807) is 41.1 Å². The van der Waals surface area contributed by atoms with Crippen LogP contribution in [0.25, 0.3) is 5.69 Å². The summed E-state index contributed by atoms with van der Waals surface area (Å²) in [6.07, 6.45) is 4.73. The van der Waals surface area contributed by atoms with Crippen LogP contribution in [-0.4, -0.2) is 59.3 Å². The Hall–Kier alpha value is -3.56. The van der Waals surface area contributed by atoms with Gasteiger partial charge in [0.2, 0.25) is 5.91 Å². The van der Waals surface area contributed by atoms with Gasteiger partial charge in [0, 0.05) is 35.7 Å². The summed E-state index contributed by atoms with van der Waals surface area (Å²) in [6.45, 7) is 3.11. The molecule has 5 rings (SSSR count). The molecule has 1 fully saturated rings. The molecule has 36 heavy (non-hydrogen) atoms. The molecule has 8 nitrogen and oxygen atoms in total. The Morgan fingerprint density at radius 2 is 1.56 bits per heavy atom. The van der Waals surface area contributed by atoms with Gasteiger partial charge in [-0.3, -0.25) is 14.5 Å². The minimum atomic E-state index is -0.310. The summed E-state index contributed by atoms with van der Waals surface area (Å²) in [5.74, 6) is -0.670. The number of benzene rings is 2. The number of nitrogens with one attached hydrogen (secondary N) is 2. The molecule has 1 aliphatic carbocycles. The van der Waals surface area contributed by atoms with Crippen LogP contribution in [-0.2, 0) is 22.4 Å². The Labute approximate surface area is 209 Å². The van der Waals surface area contributed by atoms with Gasteiger partial charge in [0.1, 0.15) is 5.82 Å². The first kappa shape index (κ1) is 24.1. The molecule has 2 aromatic carbocycles. The van der Waals surface area contributed by atoms with Gasteiger partial charge in [0.15, 0.2) is 5.69 Å². The van der Waals surface area contributed by atoms with Crippen LogP contribution in [0.15, 0.2) is 48.5 Å². The highest BCUT2D eigenvalue weighted by atomic mass is 19.1. The molecule has 2 aliphatic rings. The minimum absolute atomic E-state index is 0.0808. The predicted molar refractivity (Wildman–Crippen MR) is 135 cm³/mol. The summed E-state index contributed by atoms with van der Waals surface area (Å²) in [7, 11) is 0. The van der Waals surface area contributed by atoms with E-state index in [1.807, 2.05) is 0 Å². The maximum atomic E-state index is 13.5. The standard InChI is InChI=1S/C27H30FN5O3/c28-19-6-12-22(13-7-19)33-24-5-3-1-2-4-23(24)26(31-33)27(35)30-21-10-8-20(9-11-21)29-25(34)18-32-14-16-36-17-15-32/h6-13H,1-5,14-18H2,(H,29,34)(H,30,35). The second kappa shape index (κ2) is 11.0. The maximum absolute atomic E-state index is 13.5. The normalized spacial score (nSPS) is 16.1. The minimum Gasteiger partial charge on any atom is -0.379 e. The first-order chi connectivity index (χ1) is 17.6. The fraction of sp³-hybridized carbons (Fsp3) is 0.370. The molecular formula is C27H30FN5O3. The smallest absolute Gasteiger partial charge is 0.276 e. The van der Waals surface area contributed by atoms with Gasteiger partial charge in [-0.1, -0.05) is 6.42 Å². The molecule has 1 aliphatic heterocycles. The van der Waals surface area contributed by atoms with E-state index in [2.05, 4.69) is 20.6 Å². The average Bonchev–Trinajstić information content (AvgIpc) is 3.07. The van der Waals surface area contributed by atoms with E-state index in [0.717, 1.165) is 62.1 Å². The van der Waals surface area contributed by atoms with Gasteiger partial charge in [-0.15, -0.1) is 0 Å². The van der Waals surface area contributed by atoms with Crippen molar-refractivity contribution in [2.24, 2.45) is 0 Å². The molecule has 1 saturated heterocycles. The lowest BCUT2D eigenvalue weighted by Crippen LogP contribution is -2.41. The molecule has 2 N–H and O–H groups in total. The lowest BCUT2D eigenvalue weighted by Gasteiger charge is -2.25. The van der Waals surface area contributed by atoms with Crippen molar-refractivity contribution in [2.75, 3.05) is 43.5 Å². The second-order valence-corrected chi connectivity index (χ2v) is 9.19. The third-order valence-electron chi connectivity index (χ3n) is 6.61. The molecule has 188 valence electrons. The molecule has 3 aromatic rings. The molecule has 1 aromatic heterocycles. The van der Waals surface area contributed by atoms with Crippen molar-refractivity contribution < 1.29 is 18.7 Å². The Balaban J connectivity index is 1.28. The number of carbonyl (C=O) groups is 2. The zero-order valence-electron chi connectivity index (χ0n) is 20.1. The van der Waals surface area contributed by atoms with Crippen LogP contribution >= 0.6 is 0 Å². The number of rotatable bonds is 6. The van der Waals surface area contributed by atoms with Gasteiger partial charge < -0.3 is 15.4 Å². The van der Waals surface area contributed by atoms with Gasteiger partial charge in [0.05, 0.1) is 25.4 Å². The fourth-order valence-corrected chi connectivity index (χ4v) is 4.74. The largest absolute Gasteiger partial charge is 0.379 e. The van der Waals surface area contributed by atoms with E-state index in [0.29, 0.717) is 36.8 Å². The SMILES string of the molecule is O=C(CN1CCOCC1)Nc1ccc(NC(=O)c2nn(-c3ccc(F)cc3)c3c2CCCCC3)cc1. The summed E-state index contributed by atoms with van der Waals surface area (Å²) < 4.78 is 20.6. The number of carbonyl (C=O) groups excluding carboxylic acids is 2. The van der Waals surface area contributed by atoms with Crippen LogP contribution in [0.2, 0.25) is 0 Å². The van der Waals surface area contributed by atoms with Crippen molar-refractivity contribution in [2.45, 2.75) is 32.1 Å². The number of morpholine rings is 1. The molecule has 0 radical (unpaired) electrons. The Morgan fingerprint density at radius 3 is 2.28 bits per heavy atom. The van der Waals surface area contributed by atoms with Gasteiger partial charge in [-0.05, 0) is 74.2 Å². The number of aromatic nitrogens is 2. The number of halogens is 1. The molecule has 0 unspecified atom stereocenters. The lowest BCUT2D eigenvalue weighted by atomic mass is 10.1. The summed E-state index contributed by atoms with van der Waals surface area (Å²) in [4.78, 5) is 27.6. The monoisotopic (exact) mass is 491 g/mol. The van der Waals surface area contributed by atoms with Crippen LogP contribution in [0.3, 0.4) is 0 Å². The summed E-state index contributed by atoms with van der Waals surface area (Å²) in [5, 5.41) is 10.5. The summed E-state index contributed by atoms with van der Waals surface area (Å²) >= 11 is 0. The topological polar surface area (TPSA) is 88.5 Å². The Kier molecular flexibility index (Phi) is 7.39.